The summed E-state index contributed by atoms with van der Waals surface area (Å²) in [4.78, 5) is 11.2. The topological polar surface area (TPSA) is 71.7 Å². The maximum Gasteiger partial charge on any atom is 0.373 e. The Bertz CT molecular complexity index is 407. The Labute approximate surface area is 106 Å². The molecule has 0 radical (unpaired) electrons. The molecule has 0 bridgehead atoms. The zero-order valence-corrected chi connectivity index (χ0v) is 10.6. The van der Waals surface area contributed by atoms with Crippen LogP contribution in [0.3, 0.4) is 0 Å². The predicted molar refractivity (Wildman–Crippen MR) is 65.2 cm³/mol. The van der Waals surface area contributed by atoms with E-state index in [-0.39, 0.29) is 5.76 Å². The van der Waals surface area contributed by atoms with Crippen molar-refractivity contribution in [2.45, 2.75) is 37.8 Å². The fraction of sp³-hybridized carbons (Fsp3) is 0.615. The smallest absolute Gasteiger partial charge is 0.373 e. The number of hydrogen-bond acceptors (Lipinski definition) is 5. The summed E-state index contributed by atoms with van der Waals surface area (Å²) < 4.78 is 9.87. The minimum Gasteiger partial charge on any atom is -0.463 e. The minimum atomic E-state index is -0.572. The normalized spacial score (nSPS) is 17.9. The van der Waals surface area contributed by atoms with E-state index in [2.05, 4.69) is 10.1 Å². The van der Waals surface area contributed by atoms with Crippen molar-refractivity contribution in [2.75, 3.05) is 13.7 Å². The molecule has 1 saturated carbocycles. The largest absolute Gasteiger partial charge is 0.463 e. The Morgan fingerprint density at radius 2 is 2.22 bits per heavy atom. The molecular formula is C13H19NO4. The molecule has 0 aliphatic heterocycles. The van der Waals surface area contributed by atoms with Gasteiger partial charge in [-0.2, -0.15) is 0 Å². The van der Waals surface area contributed by atoms with Gasteiger partial charge in [0.25, 0.3) is 0 Å². The van der Waals surface area contributed by atoms with E-state index in [1.165, 1.54) is 7.11 Å². The van der Waals surface area contributed by atoms with Crippen LogP contribution in [-0.4, -0.2) is 30.3 Å². The Balaban J connectivity index is 1.80. The monoisotopic (exact) mass is 253 g/mol. The second-order valence-electron chi connectivity index (χ2n) is 4.79. The Morgan fingerprint density at radius 3 is 2.89 bits per heavy atom. The van der Waals surface area contributed by atoms with Crippen molar-refractivity contribution >= 4 is 5.97 Å². The van der Waals surface area contributed by atoms with Crippen LogP contribution in [0.5, 0.6) is 0 Å². The Morgan fingerprint density at radius 1 is 1.50 bits per heavy atom. The summed E-state index contributed by atoms with van der Waals surface area (Å²) in [5, 5.41) is 13.3. The molecule has 1 heterocycles. The molecule has 0 atom stereocenters. The van der Waals surface area contributed by atoms with Gasteiger partial charge in [0.2, 0.25) is 5.76 Å². The van der Waals surface area contributed by atoms with Gasteiger partial charge < -0.3 is 19.6 Å². The van der Waals surface area contributed by atoms with Crippen LogP contribution in [0, 0.1) is 0 Å². The van der Waals surface area contributed by atoms with E-state index >= 15 is 0 Å². The molecule has 1 aromatic rings. The fourth-order valence-electron chi connectivity index (χ4n) is 2.31. The highest BCUT2D eigenvalue weighted by atomic mass is 16.5. The molecule has 1 fully saturated rings. The zero-order chi connectivity index (χ0) is 13.0. The van der Waals surface area contributed by atoms with Crippen molar-refractivity contribution in [1.29, 1.82) is 0 Å². The summed E-state index contributed by atoms with van der Waals surface area (Å²) in [6, 6.07) is 3.32. The number of carbonyl (C=O) groups excluding carboxylic acids is 1. The first-order valence-corrected chi connectivity index (χ1v) is 6.23. The number of nitrogens with one attached hydrogen (secondary N) is 1. The fourth-order valence-corrected chi connectivity index (χ4v) is 2.31. The number of hydrogen-bond donors (Lipinski definition) is 2. The summed E-state index contributed by atoms with van der Waals surface area (Å²) in [6.07, 6.45) is 3.88. The van der Waals surface area contributed by atoms with Crippen LogP contribution in [-0.2, 0) is 11.3 Å². The number of carbonyl (C=O) groups is 1. The summed E-state index contributed by atoms with van der Waals surface area (Å²) in [5.74, 6) is 0.390. The van der Waals surface area contributed by atoms with Gasteiger partial charge in [0.1, 0.15) is 5.76 Å². The van der Waals surface area contributed by atoms with Crippen molar-refractivity contribution in [2.24, 2.45) is 0 Å². The van der Waals surface area contributed by atoms with Gasteiger partial charge in [-0.3, -0.25) is 0 Å². The zero-order valence-electron chi connectivity index (χ0n) is 10.6. The first-order chi connectivity index (χ1) is 8.63. The lowest BCUT2D eigenvalue weighted by atomic mass is 10.0. The average molecular weight is 253 g/mol. The molecule has 1 aliphatic rings. The second kappa shape index (κ2) is 5.54. The third-order valence-electron chi connectivity index (χ3n) is 3.34. The lowest BCUT2D eigenvalue weighted by Crippen LogP contribution is -2.37. The summed E-state index contributed by atoms with van der Waals surface area (Å²) in [7, 11) is 1.32. The van der Waals surface area contributed by atoms with Gasteiger partial charge in [0.05, 0.1) is 19.3 Å². The molecule has 18 heavy (non-hydrogen) atoms. The van der Waals surface area contributed by atoms with E-state index in [0.717, 1.165) is 25.7 Å². The first kappa shape index (κ1) is 13.1. The van der Waals surface area contributed by atoms with Gasteiger partial charge in [-0.25, -0.2) is 4.79 Å². The molecule has 5 nitrogen and oxygen atoms in total. The molecule has 0 amide bonds. The lowest BCUT2D eigenvalue weighted by molar-refractivity contribution is 0.0466. The van der Waals surface area contributed by atoms with E-state index in [9.17, 15) is 9.90 Å². The van der Waals surface area contributed by atoms with Crippen LogP contribution in [0.4, 0.5) is 0 Å². The molecule has 2 N–H and O–H groups in total. The van der Waals surface area contributed by atoms with Gasteiger partial charge in [-0.05, 0) is 25.0 Å². The van der Waals surface area contributed by atoms with Gasteiger partial charge >= 0.3 is 5.97 Å². The Hall–Kier alpha value is -1.33. The van der Waals surface area contributed by atoms with Gasteiger partial charge in [0, 0.05) is 6.54 Å². The number of esters is 1. The van der Waals surface area contributed by atoms with E-state index in [1.807, 2.05) is 0 Å². The van der Waals surface area contributed by atoms with Crippen molar-refractivity contribution in [1.82, 2.24) is 5.32 Å². The number of furan rings is 1. The predicted octanol–water partition coefficient (Wildman–Crippen LogP) is 1.46. The standard InChI is InChI=1S/C13H19NO4/c1-17-12(15)11-5-4-10(18-11)8-14-9-13(16)6-2-3-7-13/h4-5,14,16H,2-3,6-9H2,1H3. The van der Waals surface area contributed by atoms with Crippen LogP contribution in [0.2, 0.25) is 0 Å². The van der Waals surface area contributed by atoms with Gasteiger partial charge in [-0.1, -0.05) is 12.8 Å². The third kappa shape index (κ3) is 3.11. The van der Waals surface area contributed by atoms with Crippen LogP contribution >= 0.6 is 0 Å². The van der Waals surface area contributed by atoms with Crippen molar-refractivity contribution in [3.05, 3.63) is 23.7 Å². The average Bonchev–Trinajstić information content (AvgIpc) is 2.98. The Kier molecular flexibility index (Phi) is 4.04. The second-order valence-corrected chi connectivity index (χ2v) is 4.79. The quantitative estimate of drug-likeness (QED) is 0.777. The summed E-state index contributed by atoms with van der Waals surface area (Å²) in [6.45, 7) is 1.06. The highest BCUT2D eigenvalue weighted by Crippen LogP contribution is 2.28. The van der Waals surface area contributed by atoms with E-state index in [0.29, 0.717) is 18.8 Å². The van der Waals surface area contributed by atoms with Crippen LogP contribution < -0.4 is 5.32 Å². The van der Waals surface area contributed by atoms with Crippen molar-refractivity contribution in [3.8, 4) is 0 Å². The van der Waals surface area contributed by atoms with Crippen molar-refractivity contribution in [3.63, 3.8) is 0 Å². The SMILES string of the molecule is COC(=O)c1ccc(CNCC2(O)CCCC2)o1. The number of aliphatic hydroxyl groups is 1. The number of ether oxygens (including phenoxy) is 1. The molecule has 0 unspecified atom stereocenters. The molecule has 2 rings (SSSR count). The highest BCUT2D eigenvalue weighted by molar-refractivity contribution is 5.86. The van der Waals surface area contributed by atoms with E-state index in [1.54, 1.807) is 12.1 Å². The molecule has 5 heteroatoms. The van der Waals surface area contributed by atoms with Crippen LogP contribution in [0.1, 0.15) is 42.0 Å². The molecule has 0 saturated heterocycles. The lowest BCUT2D eigenvalue weighted by Gasteiger charge is -2.22. The van der Waals surface area contributed by atoms with Crippen LogP contribution in [0.15, 0.2) is 16.5 Å². The molecule has 1 aromatic heterocycles. The maximum absolute atomic E-state index is 11.2. The third-order valence-corrected chi connectivity index (χ3v) is 3.34. The van der Waals surface area contributed by atoms with E-state index in [4.69, 9.17) is 4.42 Å². The maximum atomic E-state index is 11.2. The summed E-state index contributed by atoms with van der Waals surface area (Å²) >= 11 is 0. The number of methoxy groups -OCH3 is 1. The minimum absolute atomic E-state index is 0.203. The molecular weight excluding hydrogens is 234 g/mol. The highest BCUT2D eigenvalue weighted by Gasteiger charge is 2.30. The molecule has 1 aliphatic carbocycles. The van der Waals surface area contributed by atoms with Gasteiger partial charge in [-0.15, -0.1) is 0 Å². The molecule has 0 spiro atoms. The number of rotatable bonds is 5. The van der Waals surface area contributed by atoms with E-state index < -0.39 is 11.6 Å². The molecule has 100 valence electrons. The van der Waals surface area contributed by atoms with Gasteiger partial charge in [0.15, 0.2) is 0 Å². The first-order valence-electron chi connectivity index (χ1n) is 6.23. The van der Waals surface area contributed by atoms with Crippen molar-refractivity contribution < 1.29 is 19.1 Å². The van der Waals surface area contributed by atoms with Crippen LogP contribution in [0.25, 0.3) is 0 Å². The summed E-state index contributed by atoms with van der Waals surface area (Å²) in [5.41, 5.74) is -0.572. The molecule has 0 aromatic carbocycles.